The number of benzene rings is 1. The Morgan fingerprint density at radius 3 is 2.37 bits per heavy atom. The van der Waals surface area contributed by atoms with Crippen molar-refractivity contribution < 1.29 is 14.7 Å². The summed E-state index contributed by atoms with van der Waals surface area (Å²) < 4.78 is 0. The maximum absolute atomic E-state index is 12.2. The van der Waals surface area contributed by atoms with E-state index in [1.54, 1.807) is 24.3 Å². The lowest BCUT2D eigenvalue weighted by atomic mass is 9.93. The molecule has 0 unspecified atom stereocenters. The number of carboxylic acids is 1. The summed E-state index contributed by atoms with van der Waals surface area (Å²) in [5, 5.41) is 11.6. The van der Waals surface area contributed by atoms with Crippen molar-refractivity contribution in [3.63, 3.8) is 0 Å². The number of carbonyl (C=O) groups is 2. The van der Waals surface area contributed by atoms with E-state index in [0.717, 1.165) is 0 Å². The van der Waals surface area contributed by atoms with Crippen LogP contribution in [0.25, 0.3) is 0 Å². The Morgan fingerprint density at radius 1 is 1.26 bits per heavy atom. The van der Waals surface area contributed by atoms with Gasteiger partial charge in [-0.25, -0.2) is 0 Å². The second-order valence-corrected chi connectivity index (χ2v) is 4.55. The van der Waals surface area contributed by atoms with Crippen LogP contribution in [-0.2, 0) is 16.0 Å². The zero-order chi connectivity index (χ0) is 14.5. The first kappa shape index (κ1) is 15.2. The van der Waals surface area contributed by atoms with Crippen molar-refractivity contribution in [3.05, 3.63) is 29.8 Å². The van der Waals surface area contributed by atoms with Gasteiger partial charge in [0.2, 0.25) is 5.91 Å². The maximum Gasteiger partial charge on any atom is 0.307 e. The largest absolute Gasteiger partial charge is 0.481 e. The van der Waals surface area contributed by atoms with Gasteiger partial charge in [0.05, 0.1) is 12.0 Å². The van der Waals surface area contributed by atoms with Gasteiger partial charge in [0.15, 0.2) is 0 Å². The molecule has 4 N–H and O–H groups in total. The van der Waals surface area contributed by atoms with E-state index < -0.39 is 11.5 Å². The van der Waals surface area contributed by atoms with Crippen molar-refractivity contribution in [2.45, 2.75) is 38.6 Å². The zero-order valence-electron chi connectivity index (χ0n) is 11.3. The van der Waals surface area contributed by atoms with Gasteiger partial charge < -0.3 is 16.2 Å². The molecule has 1 amide bonds. The fourth-order valence-corrected chi connectivity index (χ4v) is 1.78. The van der Waals surface area contributed by atoms with Crippen LogP contribution < -0.4 is 11.1 Å². The third-order valence-corrected chi connectivity index (χ3v) is 3.32. The van der Waals surface area contributed by atoms with E-state index in [0.29, 0.717) is 24.1 Å². The van der Waals surface area contributed by atoms with Gasteiger partial charge in [0.25, 0.3) is 0 Å². The molecule has 104 valence electrons. The molecular weight excluding hydrogens is 244 g/mol. The second kappa shape index (κ2) is 6.33. The van der Waals surface area contributed by atoms with Crippen molar-refractivity contribution in [1.29, 1.82) is 0 Å². The van der Waals surface area contributed by atoms with Crippen LogP contribution in [0, 0.1) is 0 Å². The van der Waals surface area contributed by atoms with Crippen LogP contribution in [0.2, 0.25) is 0 Å². The van der Waals surface area contributed by atoms with Gasteiger partial charge in [0, 0.05) is 5.69 Å². The Hall–Kier alpha value is -1.88. The topological polar surface area (TPSA) is 92.4 Å². The van der Waals surface area contributed by atoms with Crippen molar-refractivity contribution in [3.8, 4) is 0 Å². The van der Waals surface area contributed by atoms with E-state index >= 15 is 0 Å². The SMILES string of the molecule is CCC(N)(CC)C(=O)Nc1ccccc1CC(=O)O. The van der Waals surface area contributed by atoms with Crippen LogP contribution in [0.1, 0.15) is 32.3 Å². The lowest BCUT2D eigenvalue weighted by Crippen LogP contribution is -2.50. The molecule has 0 aromatic heterocycles. The Bertz CT molecular complexity index is 468. The van der Waals surface area contributed by atoms with Gasteiger partial charge in [-0.05, 0) is 24.5 Å². The number of nitrogens with two attached hydrogens (primary N) is 1. The summed E-state index contributed by atoms with van der Waals surface area (Å²) in [6.07, 6.45) is 0.916. The summed E-state index contributed by atoms with van der Waals surface area (Å²) >= 11 is 0. The summed E-state index contributed by atoms with van der Waals surface area (Å²) in [5.41, 5.74) is 6.16. The molecule has 0 fully saturated rings. The Morgan fingerprint density at radius 2 is 1.84 bits per heavy atom. The van der Waals surface area contributed by atoms with Crippen molar-refractivity contribution in [1.82, 2.24) is 0 Å². The fourth-order valence-electron chi connectivity index (χ4n) is 1.78. The summed E-state index contributed by atoms with van der Waals surface area (Å²) in [6.45, 7) is 3.71. The lowest BCUT2D eigenvalue weighted by molar-refractivity contribution is -0.136. The first-order valence-corrected chi connectivity index (χ1v) is 6.33. The van der Waals surface area contributed by atoms with Crippen LogP contribution in [0.4, 0.5) is 5.69 Å². The van der Waals surface area contributed by atoms with Gasteiger partial charge in [-0.1, -0.05) is 32.0 Å². The molecule has 19 heavy (non-hydrogen) atoms. The van der Waals surface area contributed by atoms with Crippen molar-refractivity contribution >= 4 is 17.6 Å². The highest BCUT2D eigenvalue weighted by Gasteiger charge is 2.30. The fraction of sp³-hybridized carbons (Fsp3) is 0.429. The van der Waals surface area contributed by atoms with Crippen molar-refractivity contribution in [2.75, 3.05) is 5.32 Å². The number of anilines is 1. The highest BCUT2D eigenvalue weighted by Crippen LogP contribution is 2.19. The molecule has 0 spiro atoms. The molecule has 0 atom stereocenters. The van der Waals surface area contributed by atoms with E-state index in [1.165, 1.54) is 0 Å². The molecule has 5 heteroatoms. The van der Waals surface area contributed by atoms with E-state index in [9.17, 15) is 9.59 Å². The number of nitrogens with one attached hydrogen (secondary N) is 1. The molecule has 1 rings (SSSR count). The quantitative estimate of drug-likeness (QED) is 0.730. The smallest absolute Gasteiger partial charge is 0.307 e. The number of carbonyl (C=O) groups excluding carboxylic acids is 1. The molecule has 0 radical (unpaired) electrons. The summed E-state index contributed by atoms with van der Waals surface area (Å²) in [7, 11) is 0. The highest BCUT2D eigenvalue weighted by atomic mass is 16.4. The van der Waals surface area contributed by atoms with Crippen LogP contribution in [0.3, 0.4) is 0 Å². The standard InChI is InChI=1S/C14H20N2O3/c1-3-14(15,4-2)13(19)16-11-8-6-5-7-10(11)9-12(17)18/h5-8H,3-4,9,15H2,1-2H3,(H,16,19)(H,17,18). The Labute approximate surface area is 112 Å². The van der Waals surface area contributed by atoms with Gasteiger partial charge in [-0.2, -0.15) is 0 Å². The first-order valence-electron chi connectivity index (χ1n) is 6.33. The molecule has 0 aliphatic carbocycles. The van der Waals surface area contributed by atoms with E-state index in [2.05, 4.69) is 5.32 Å². The van der Waals surface area contributed by atoms with Crippen molar-refractivity contribution in [2.24, 2.45) is 5.73 Å². The minimum Gasteiger partial charge on any atom is -0.481 e. The van der Waals surface area contributed by atoms with Gasteiger partial charge >= 0.3 is 5.97 Å². The average molecular weight is 264 g/mol. The number of hydrogen-bond donors (Lipinski definition) is 3. The molecule has 1 aromatic carbocycles. The summed E-state index contributed by atoms with van der Waals surface area (Å²) in [4.78, 5) is 22.9. The van der Waals surface area contributed by atoms with Gasteiger partial charge in [-0.15, -0.1) is 0 Å². The summed E-state index contributed by atoms with van der Waals surface area (Å²) in [6, 6.07) is 6.85. The third-order valence-electron chi connectivity index (χ3n) is 3.32. The van der Waals surface area contributed by atoms with Gasteiger partial charge in [-0.3, -0.25) is 9.59 Å². The number of aliphatic carboxylic acids is 1. The van der Waals surface area contributed by atoms with Crippen LogP contribution in [-0.4, -0.2) is 22.5 Å². The molecule has 0 heterocycles. The zero-order valence-corrected chi connectivity index (χ0v) is 11.3. The molecule has 0 saturated heterocycles. The predicted octanol–water partition coefficient (Wildman–Crippen LogP) is 1.77. The summed E-state index contributed by atoms with van der Waals surface area (Å²) in [5.74, 6) is -1.22. The number of amides is 1. The van der Waals surface area contributed by atoms with E-state index in [-0.39, 0.29) is 12.3 Å². The molecule has 0 aliphatic heterocycles. The third kappa shape index (κ3) is 3.79. The maximum atomic E-state index is 12.2. The normalized spacial score (nSPS) is 11.1. The Balaban J connectivity index is 2.93. The molecule has 1 aromatic rings. The van der Waals surface area contributed by atoms with Crippen LogP contribution >= 0.6 is 0 Å². The van der Waals surface area contributed by atoms with E-state index in [4.69, 9.17) is 10.8 Å². The predicted molar refractivity (Wildman–Crippen MR) is 73.9 cm³/mol. The number of hydrogen-bond acceptors (Lipinski definition) is 3. The second-order valence-electron chi connectivity index (χ2n) is 4.55. The van der Waals surface area contributed by atoms with Crippen LogP contribution in [0.15, 0.2) is 24.3 Å². The molecule has 0 saturated carbocycles. The molecule has 5 nitrogen and oxygen atoms in total. The Kier molecular flexibility index (Phi) is 5.06. The van der Waals surface area contributed by atoms with Gasteiger partial charge in [0.1, 0.15) is 0 Å². The number of rotatable bonds is 6. The highest BCUT2D eigenvalue weighted by molar-refractivity contribution is 5.98. The number of carboxylic acid groups (broad SMARTS) is 1. The lowest BCUT2D eigenvalue weighted by Gasteiger charge is -2.25. The molecule has 0 aliphatic rings. The monoisotopic (exact) mass is 264 g/mol. The molecule has 0 bridgehead atoms. The average Bonchev–Trinajstić information content (AvgIpc) is 2.39. The number of para-hydroxylation sites is 1. The van der Waals surface area contributed by atoms with Crippen LogP contribution in [0.5, 0.6) is 0 Å². The minimum atomic E-state index is -0.938. The molecular formula is C14H20N2O3. The van der Waals surface area contributed by atoms with E-state index in [1.807, 2.05) is 13.8 Å². The first-order chi connectivity index (χ1) is 8.92. The minimum absolute atomic E-state index is 0.133.